The second-order valence-corrected chi connectivity index (χ2v) is 15.0. The van der Waals surface area contributed by atoms with Gasteiger partial charge in [0, 0.05) is 17.0 Å². The van der Waals surface area contributed by atoms with Gasteiger partial charge in [0.05, 0.1) is 51.5 Å². The molecule has 5 heterocycles. The van der Waals surface area contributed by atoms with E-state index < -0.39 is 5.41 Å². The predicted molar refractivity (Wildman–Crippen MR) is 215 cm³/mol. The van der Waals surface area contributed by atoms with Gasteiger partial charge in [-0.05, 0) is 142 Å². The maximum atomic E-state index is 12.5. The van der Waals surface area contributed by atoms with Crippen LogP contribution in [-0.2, 0) is 22.6 Å². The first-order chi connectivity index (χ1) is 24.8. The Kier molecular flexibility index (Phi) is 10.0. The normalized spacial score (nSPS) is 18.4. The molecule has 0 fully saturated rings. The van der Waals surface area contributed by atoms with Crippen LogP contribution >= 0.6 is 0 Å². The highest BCUT2D eigenvalue weighted by Gasteiger charge is 2.34. The first kappa shape index (κ1) is 36.7. The number of aliphatic hydroxyl groups excluding tert-OH is 1. The third-order valence-electron chi connectivity index (χ3n) is 10.8. The summed E-state index contributed by atoms with van der Waals surface area (Å²) in [6.07, 6.45) is 8.76. The first-order valence-corrected chi connectivity index (χ1v) is 18.7. The van der Waals surface area contributed by atoms with E-state index in [4.69, 9.17) is 19.7 Å². The summed E-state index contributed by atoms with van der Waals surface area (Å²) in [7, 11) is 0. The molecule has 1 aromatic carbocycles. The second-order valence-electron chi connectivity index (χ2n) is 15.0. The number of hydrogen-bond acceptors (Lipinski definition) is 6. The summed E-state index contributed by atoms with van der Waals surface area (Å²) in [6.45, 7) is 23.0. The number of nitrogens with one attached hydrogen (secondary N) is 1. The van der Waals surface area contributed by atoms with Gasteiger partial charge in [-0.25, -0.2) is 15.0 Å². The molecule has 52 heavy (non-hydrogen) atoms. The number of carbonyl (C=O) groups excluding carboxylic acids is 1. The molecule has 0 spiro atoms. The number of fused-ring (bicyclic) bond motifs is 5. The van der Waals surface area contributed by atoms with Crippen LogP contribution in [0.4, 0.5) is 0 Å². The van der Waals surface area contributed by atoms with Gasteiger partial charge in [0.2, 0.25) is 0 Å². The number of allylic oxidation sites excluding steroid dienone is 8. The van der Waals surface area contributed by atoms with Crippen LogP contribution in [0.1, 0.15) is 122 Å². The summed E-state index contributed by atoms with van der Waals surface area (Å²) >= 11 is 0. The number of nitrogens with zero attached hydrogens (tertiary/aromatic N) is 3. The number of esters is 1. The lowest BCUT2D eigenvalue weighted by Gasteiger charge is -2.17. The number of aliphatic imine (C=N–C) groups is 3. The maximum Gasteiger partial charge on any atom is 0.311 e. The molecule has 0 amide bonds. The third kappa shape index (κ3) is 6.24. The van der Waals surface area contributed by atoms with E-state index in [0.29, 0.717) is 5.57 Å². The minimum atomic E-state index is -0.573. The van der Waals surface area contributed by atoms with Crippen LogP contribution in [-0.4, -0.2) is 33.2 Å². The standard InChI is InChI=1S/C45H52N4O3/c1-12-30-24(5)35-20-36-25(6)32(14-3)42(47-36)39(29-18-16-28(17-19-29)23-52-44(51)45(9,10)11)43-33(15-4)27(8)41(49-43)34(22-50)40-26(7)31(13-2)38(48-40)21-37(30)46-35/h16-22,46,50H,12-15,23H2,1-11H3/b34-22+,36-20?,38-21?,43-39?. The number of carbonyl (C=O) groups is 1. The molecular weight excluding hydrogens is 645 g/mol. The van der Waals surface area contributed by atoms with Crippen LogP contribution in [0.15, 0.2) is 102 Å². The fourth-order valence-corrected chi connectivity index (χ4v) is 7.73. The maximum absolute atomic E-state index is 12.5. The summed E-state index contributed by atoms with van der Waals surface area (Å²) in [5.41, 5.74) is 19.1. The van der Waals surface area contributed by atoms with Gasteiger partial charge in [0.1, 0.15) is 6.61 Å². The fraction of sp³-hybridized carbons (Fsp3) is 0.378. The molecular formula is C45H52N4O3. The Hall–Kier alpha value is -5.04. The van der Waals surface area contributed by atoms with Crippen molar-refractivity contribution >= 4 is 40.8 Å². The van der Waals surface area contributed by atoms with Gasteiger partial charge < -0.3 is 14.8 Å². The minimum Gasteiger partial charge on any atom is -0.515 e. The summed E-state index contributed by atoms with van der Waals surface area (Å²) in [5.74, 6) is -0.235. The predicted octanol–water partition coefficient (Wildman–Crippen LogP) is 11.1. The molecule has 0 radical (unpaired) electrons. The summed E-state index contributed by atoms with van der Waals surface area (Å²) in [6, 6.07) is 8.20. The molecule has 0 unspecified atom stereocenters. The number of hydrogen-bond donors (Lipinski definition) is 2. The number of aliphatic hydroxyl groups is 1. The molecule has 1 aromatic heterocycles. The molecule has 0 saturated carbocycles. The number of aromatic amines is 1. The first-order valence-electron chi connectivity index (χ1n) is 18.7. The molecule has 6 rings (SSSR count). The summed E-state index contributed by atoms with van der Waals surface area (Å²) in [4.78, 5) is 32.3. The number of ether oxygens (including phenoxy) is 1. The molecule has 0 saturated heterocycles. The van der Waals surface area contributed by atoms with Crippen LogP contribution in [0.25, 0.3) is 17.7 Å². The molecule has 2 N–H and O–H groups in total. The zero-order valence-electron chi connectivity index (χ0n) is 32.7. The van der Waals surface area contributed by atoms with Crippen molar-refractivity contribution in [1.29, 1.82) is 0 Å². The molecule has 2 aromatic rings. The molecule has 0 atom stereocenters. The van der Waals surface area contributed by atoms with Crippen molar-refractivity contribution in [2.24, 2.45) is 20.4 Å². The van der Waals surface area contributed by atoms with E-state index in [-0.39, 0.29) is 12.6 Å². The highest BCUT2D eigenvalue weighted by molar-refractivity contribution is 6.39. The van der Waals surface area contributed by atoms with Crippen molar-refractivity contribution in [3.8, 4) is 0 Å². The van der Waals surface area contributed by atoms with Gasteiger partial charge in [-0.3, -0.25) is 4.79 Å². The van der Waals surface area contributed by atoms with Gasteiger partial charge in [-0.1, -0.05) is 52.0 Å². The van der Waals surface area contributed by atoms with Crippen LogP contribution in [0.3, 0.4) is 0 Å². The zero-order valence-corrected chi connectivity index (χ0v) is 32.7. The van der Waals surface area contributed by atoms with Crippen molar-refractivity contribution in [2.75, 3.05) is 0 Å². The molecule has 270 valence electrons. The van der Waals surface area contributed by atoms with E-state index in [2.05, 4.69) is 84.7 Å². The Bertz CT molecular complexity index is 2190. The van der Waals surface area contributed by atoms with E-state index >= 15 is 0 Å². The Labute approximate surface area is 308 Å². The van der Waals surface area contributed by atoms with E-state index in [0.717, 1.165) is 116 Å². The zero-order chi connectivity index (χ0) is 37.6. The van der Waals surface area contributed by atoms with Crippen LogP contribution in [0.2, 0.25) is 0 Å². The van der Waals surface area contributed by atoms with Gasteiger partial charge in [-0.15, -0.1) is 0 Å². The molecule has 4 aliphatic heterocycles. The summed E-state index contributed by atoms with van der Waals surface area (Å²) in [5, 5.41) is 11.0. The lowest BCUT2D eigenvalue weighted by molar-refractivity contribution is -0.154. The van der Waals surface area contributed by atoms with Crippen molar-refractivity contribution in [2.45, 2.75) is 108 Å². The second kappa shape index (κ2) is 14.2. The molecule has 7 heteroatoms. The molecule has 4 aliphatic rings. The lowest BCUT2D eigenvalue weighted by atomic mass is 9.88. The largest absolute Gasteiger partial charge is 0.515 e. The van der Waals surface area contributed by atoms with Crippen molar-refractivity contribution in [3.05, 3.63) is 120 Å². The number of benzene rings is 1. The smallest absolute Gasteiger partial charge is 0.311 e. The van der Waals surface area contributed by atoms with Crippen LogP contribution in [0.5, 0.6) is 0 Å². The average molecular weight is 697 g/mol. The Morgan fingerprint density at radius 2 is 1.35 bits per heavy atom. The molecule has 8 bridgehead atoms. The summed E-state index contributed by atoms with van der Waals surface area (Å²) < 4.78 is 5.65. The van der Waals surface area contributed by atoms with E-state index in [1.54, 1.807) is 0 Å². The highest BCUT2D eigenvalue weighted by Crippen LogP contribution is 2.43. The molecule has 0 aliphatic carbocycles. The van der Waals surface area contributed by atoms with E-state index in [1.807, 2.05) is 32.9 Å². The van der Waals surface area contributed by atoms with E-state index in [1.165, 1.54) is 23.0 Å². The number of rotatable bonds is 7. The van der Waals surface area contributed by atoms with Crippen LogP contribution in [0, 0.1) is 12.3 Å². The van der Waals surface area contributed by atoms with E-state index in [9.17, 15) is 9.90 Å². The quantitative estimate of drug-likeness (QED) is 0.223. The Balaban J connectivity index is 1.65. The van der Waals surface area contributed by atoms with Crippen molar-refractivity contribution < 1.29 is 14.6 Å². The number of aromatic nitrogens is 1. The average Bonchev–Trinajstić information content (AvgIpc) is 3.80. The van der Waals surface area contributed by atoms with Crippen molar-refractivity contribution in [1.82, 2.24) is 4.98 Å². The topological polar surface area (TPSA) is 99.4 Å². The Morgan fingerprint density at radius 3 is 1.94 bits per heavy atom. The Morgan fingerprint density at radius 1 is 0.750 bits per heavy atom. The minimum absolute atomic E-state index is 0.198. The van der Waals surface area contributed by atoms with Gasteiger partial charge in [0.15, 0.2) is 0 Å². The van der Waals surface area contributed by atoms with Crippen molar-refractivity contribution in [3.63, 3.8) is 0 Å². The highest BCUT2D eigenvalue weighted by atomic mass is 16.5. The lowest BCUT2D eigenvalue weighted by Crippen LogP contribution is -2.22. The molecule has 7 nitrogen and oxygen atoms in total. The van der Waals surface area contributed by atoms with Crippen LogP contribution < -0.4 is 0 Å². The fourth-order valence-electron chi connectivity index (χ4n) is 7.73. The monoisotopic (exact) mass is 696 g/mol. The SMILES string of the molecule is CCC1=C(C)C2=NC1=Cc1[nH]c(c(C)c1CC)C=C1N=C(C(CC)=C1C)C(c1ccc(COC(=O)C(C)(C)C)cc1)=C1N=C(C(C)=C1CC)/C2=C/O. The van der Waals surface area contributed by atoms with Gasteiger partial charge in [0.25, 0.3) is 0 Å². The van der Waals surface area contributed by atoms with Gasteiger partial charge >= 0.3 is 5.97 Å². The number of H-pyrrole nitrogens is 1. The third-order valence-corrected chi connectivity index (χ3v) is 10.8. The van der Waals surface area contributed by atoms with Gasteiger partial charge in [-0.2, -0.15) is 0 Å².